The van der Waals surface area contributed by atoms with Gasteiger partial charge >= 0.3 is 5.82 Å². The van der Waals surface area contributed by atoms with E-state index in [1.54, 1.807) is 13.8 Å². The molecule has 0 aliphatic carbocycles. The van der Waals surface area contributed by atoms with E-state index in [0.717, 1.165) is 5.56 Å². The number of pyridine rings is 1. The highest BCUT2D eigenvalue weighted by Crippen LogP contribution is 2.18. The Morgan fingerprint density at radius 1 is 1.42 bits per heavy atom. The summed E-state index contributed by atoms with van der Waals surface area (Å²) in [5.74, 6) is -0.0347. The van der Waals surface area contributed by atoms with Crippen molar-refractivity contribution in [2.75, 3.05) is 0 Å². The van der Waals surface area contributed by atoms with Crippen LogP contribution in [0.3, 0.4) is 0 Å². The van der Waals surface area contributed by atoms with E-state index in [1.165, 1.54) is 0 Å². The van der Waals surface area contributed by atoms with Gasteiger partial charge in [0.05, 0.1) is 0 Å². The second-order valence-corrected chi connectivity index (χ2v) is 2.79. The third-order valence-electron chi connectivity index (χ3n) is 1.81. The zero-order valence-electron chi connectivity index (χ0n) is 7.29. The van der Waals surface area contributed by atoms with Crippen molar-refractivity contribution in [3.05, 3.63) is 33.0 Å². The van der Waals surface area contributed by atoms with Gasteiger partial charge in [0.15, 0.2) is 0 Å². The molecule has 4 heteroatoms. The van der Waals surface area contributed by atoms with Crippen LogP contribution in [0.15, 0.2) is 6.07 Å². The predicted octanol–water partition coefficient (Wildman–Crippen LogP) is 1.92. The molecule has 1 heterocycles. The van der Waals surface area contributed by atoms with Crippen LogP contribution in [-0.4, -0.2) is 9.91 Å². The van der Waals surface area contributed by atoms with Crippen molar-refractivity contribution in [1.29, 1.82) is 0 Å². The summed E-state index contributed by atoms with van der Waals surface area (Å²) in [6.45, 7) is 5.30. The number of nitrogens with zero attached hydrogens (tertiary/aromatic N) is 2. The molecule has 64 valence electrons. The molecule has 0 atom stereocenters. The second-order valence-electron chi connectivity index (χ2n) is 2.79. The van der Waals surface area contributed by atoms with Crippen LogP contribution in [0.2, 0.25) is 0 Å². The summed E-state index contributed by atoms with van der Waals surface area (Å²) in [7, 11) is 0. The van der Waals surface area contributed by atoms with Crippen molar-refractivity contribution in [3.63, 3.8) is 0 Å². The van der Waals surface area contributed by atoms with Gasteiger partial charge in [-0.1, -0.05) is 0 Å². The van der Waals surface area contributed by atoms with Gasteiger partial charge in [-0.05, 0) is 35.4 Å². The summed E-state index contributed by atoms with van der Waals surface area (Å²) >= 11 is 0. The van der Waals surface area contributed by atoms with E-state index in [4.69, 9.17) is 0 Å². The van der Waals surface area contributed by atoms with Gasteiger partial charge in [0.2, 0.25) is 0 Å². The molecule has 0 saturated carbocycles. The minimum atomic E-state index is -0.449. The lowest BCUT2D eigenvalue weighted by Gasteiger charge is -2.00. The number of nitro groups is 1. The van der Waals surface area contributed by atoms with Crippen LogP contribution in [0.1, 0.15) is 16.8 Å². The van der Waals surface area contributed by atoms with Gasteiger partial charge in [-0.3, -0.25) is 0 Å². The molecule has 4 nitrogen and oxygen atoms in total. The molecule has 1 rings (SSSR count). The fraction of sp³-hybridized carbons (Fsp3) is 0.375. The van der Waals surface area contributed by atoms with Crippen molar-refractivity contribution in [2.24, 2.45) is 0 Å². The molecule has 0 amide bonds. The highest BCUT2D eigenvalue weighted by atomic mass is 16.6. The maximum atomic E-state index is 10.5. The smallest absolute Gasteiger partial charge is 0.358 e. The maximum absolute atomic E-state index is 10.5. The molecule has 0 spiro atoms. The molecule has 0 fully saturated rings. The van der Waals surface area contributed by atoms with Gasteiger partial charge in [-0.15, -0.1) is 0 Å². The van der Waals surface area contributed by atoms with Crippen molar-refractivity contribution in [3.8, 4) is 0 Å². The maximum Gasteiger partial charge on any atom is 0.366 e. The van der Waals surface area contributed by atoms with Gasteiger partial charge in [-0.2, -0.15) is 0 Å². The van der Waals surface area contributed by atoms with E-state index >= 15 is 0 Å². The Balaban J connectivity index is 3.37. The summed E-state index contributed by atoms with van der Waals surface area (Å²) in [5.41, 5.74) is 2.24. The molecular weight excluding hydrogens is 156 g/mol. The summed E-state index contributed by atoms with van der Waals surface area (Å²) < 4.78 is 0. The topological polar surface area (TPSA) is 56.0 Å². The molecule has 1 aromatic rings. The molecule has 1 aromatic heterocycles. The minimum Gasteiger partial charge on any atom is -0.358 e. The predicted molar refractivity (Wildman–Crippen MR) is 45.1 cm³/mol. The first-order chi connectivity index (χ1) is 5.52. The zero-order chi connectivity index (χ0) is 9.30. The summed E-state index contributed by atoms with van der Waals surface area (Å²) in [5, 5.41) is 10.5. The highest BCUT2D eigenvalue weighted by molar-refractivity contribution is 5.38. The average molecular weight is 166 g/mol. The third kappa shape index (κ3) is 1.42. The van der Waals surface area contributed by atoms with Gasteiger partial charge in [0.25, 0.3) is 0 Å². The van der Waals surface area contributed by atoms with Crippen molar-refractivity contribution in [2.45, 2.75) is 20.8 Å². The number of aromatic nitrogens is 1. The van der Waals surface area contributed by atoms with Crippen LogP contribution in [0, 0.1) is 30.9 Å². The van der Waals surface area contributed by atoms with Gasteiger partial charge < -0.3 is 10.1 Å². The largest absolute Gasteiger partial charge is 0.366 e. The lowest BCUT2D eigenvalue weighted by Crippen LogP contribution is -1.98. The first-order valence-corrected chi connectivity index (χ1v) is 3.61. The Hall–Kier alpha value is -1.45. The van der Waals surface area contributed by atoms with E-state index in [-0.39, 0.29) is 5.82 Å². The number of aryl methyl sites for hydroxylation is 2. The number of hydrogen-bond donors (Lipinski definition) is 0. The molecule has 0 unspecified atom stereocenters. The van der Waals surface area contributed by atoms with Crippen LogP contribution in [0.4, 0.5) is 5.82 Å². The Bertz CT molecular complexity index is 334. The molecule has 0 aromatic carbocycles. The molecule has 0 aliphatic heterocycles. The summed E-state index contributed by atoms with van der Waals surface area (Å²) in [6, 6.07) is 1.84. The van der Waals surface area contributed by atoms with Crippen molar-refractivity contribution >= 4 is 5.82 Å². The normalized spacial score (nSPS) is 9.92. The molecule has 0 saturated heterocycles. The van der Waals surface area contributed by atoms with Crippen LogP contribution in [0.25, 0.3) is 0 Å². The molecule has 0 bridgehead atoms. The Morgan fingerprint density at radius 3 is 2.50 bits per heavy atom. The summed E-state index contributed by atoms with van der Waals surface area (Å²) in [6.07, 6.45) is 0. The van der Waals surface area contributed by atoms with Gasteiger partial charge in [0.1, 0.15) is 5.69 Å². The standard InChI is InChI=1S/C8H10N2O2/c1-5-4-6(2)9-8(7(5)3)10(11)12/h4H,1-3H3. The van der Waals surface area contributed by atoms with Crippen LogP contribution < -0.4 is 0 Å². The van der Waals surface area contributed by atoms with Gasteiger partial charge in [-0.25, -0.2) is 0 Å². The molecule has 0 aliphatic rings. The van der Waals surface area contributed by atoms with E-state index in [2.05, 4.69) is 4.98 Å². The average Bonchev–Trinajstić information content (AvgIpc) is 1.96. The number of rotatable bonds is 1. The Morgan fingerprint density at radius 2 is 2.00 bits per heavy atom. The van der Waals surface area contributed by atoms with E-state index in [0.29, 0.717) is 11.3 Å². The Labute approximate surface area is 70.4 Å². The monoisotopic (exact) mass is 166 g/mol. The molecule has 0 N–H and O–H groups in total. The second kappa shape index (κ2) is 2.89. The first kappa shape index (κ1) is 8.64. The Kier molecular flexibility index (Phi) is 2.08. The molecule has 12 heavy (non-hydrogen) atoms. The van der Waals surface area contributed by atoms with Crippen LogP contribution in [0.5, 0.6) is 0 Å². The molecular formula is C8H10N2O2. The fourth-order valence-electron chi connectivity index (χ4n) is 1.06. The summed E-state index contributed by atoms with van der Waals surface area (Å²) in [4.78, 5) is 13.9. The van der Waals surface area contributed by atoms with Crippen LogP contribution in [-0.2, 0) is 0 Å². The molecule has 0 radical (unpaired) electrons. The fourth-order valence-corrected chi connectivity index (χ4v) is 1.06. The number of hydrogen-bond acceptors (Lipinski definition) is 3. The lowest BCUT2D eigenvalue weighted by atomic mass is 10.1. The lowest BCUT2D eigenvalue weighted by molar-refractivity contribution is -0.390. The van der Waals surface area contributed by atoms with E-state index in [9.17, 15) is 10.1 Å². The highest BCUT2D eigenvalue weighted by Gasteiger charge is 2.14. The van der Waals surface area contributed by atoms with Gasteiger partial charge in [0, 0.05) is 12.5 Å². The quantitative estimate of drug-likeness (QED) is 0.473. The zero-order valence-corrected chi connectivity index (χ0v) is 7.29. The van der Waals surface area contributed by atoms with E-state index in [1.807, 2.05) is 13.0 Å². The first-order valence-electron chi connectivity index (χ1n) is 3.61. The van der Waals surface area contributed by atoms with E-state index < -0.39 is 4.92 Å². The van der Waals surface area contributed by atoms with Crippen molar-refractivity contribution < 1.29 is 4.92 Å². The third-order valence-corrected chi connectivity index (χ3v) is 1.81. The SMILES string of the molecule is Cc1cc(C)c(C)c([N+](=O)[O-])n1. The van der Waals surface area contributed by atoms with Crippen LogP contribution >= 0.6 is 0 Å². The van der Waals surface area contributed by atoms with Crippen molar-refractivity contribution in [1.82, 2.24) is 4.98 Å². The minimum absolute atomic E-state index is 0.0347.